The van der Waals surface area contributed by atoms with E-state index in [9.17, 15) is 4.79 Å². The number of carbonyl (C=O) groups is 1. The molecule has 2 aromatic carbocycles. The molecule has 1 heterocycles. The van der Waals surface area contributed by atoms with Crippen LogP contribution in [-0.4, -0.2) is 58.0 Å². The second-order valence-electron chi connectivity index (χ2n) is 6.83. The lowest BCUT2D eigenvalue weighted by atomic mass is 10.0. The molecule has 2 amide bonds. The minimum Gasteiger partial charge on any atom is -0.493 e. The van der Waals surface area contributed by atoms with Gasteiger partial charge in [-0.3, -0.25) is 4.90 Å². The van der Waals surface area contributed by atoms with Gasteiger partial charge >= 0.3 is 6.03 Å². The maximum Gasteiger partial charge on any atom is 0.315 e. The first kappa shape index (κ1) is 21.0. The number of benzene rings is 2. The van der Waals surface area contributed by atoms with Crippen LogP contribution in [0, 0.1) is 0 Å². The molecule has 2 aromatic rings. The monoisotopic (exact) mass is 399 g/mol. The Labute approximate surface area is 171 Å². The average Bonchev–Trinajstić information content (AvgIpc) is 2.79. The van der Waals surface area contributed by atoms with Gasteiger partial charge in [-0.2, -0.15) is 0 Å². The van der Waals surface area contributed by atoms with Crippen molar-refractivity contribution in [2.45, 2.75) is 12.6 Å². The van der Waals surface area contributed by atoms with Crippen molar-refractivity contribution in [3.8, 4) is 11.5 Å². The van der Waals surface area contributed by atoms with Gasteiger partial charge in [-0.1, -0.05) is 36.4 Å². The fourth-order valence-electron chi connectivity index (χ4n) is 3.44. The number of amides is 2. The number of rotatable bonds is 8. The van der Waals surface area contributed by atoms with E-state index in [-0.39, 0.29) is 12.1 Å². The summed E-state index contributed by atoms with van der Waals surface area (Å²) in [6.07, 6.45) is 0. The topological polar surface area (TPSA) is 72.1 Å². The molecule has 1 atom stereocenters. The third-order valence-electron chi connectivity index (χ3n) is 5.03. The Kier molecular flexibility index (Phi) is 7.72. The molecule has 0 saturated carbocycles. The van der Waals surface area contributed by atoms with Crippen molar-refractivity contribution in [1.82, 2.24) is 15.5 Å². The number of methoxy groups -OCH3 is 2. The molecule has 3 rings (SSSR count). The summed E-state index contributed by atoms with van der Waals surface area (Å²) >= 11 is 0. The van der Waals surface area contributed by atoms with Gasteiger partial charge in [0.05, 0.1) is 33.5 Å². The molecule has 1 aliphatic rings. The SMILES string of the molecule is COc1ccc(C(CNC(=O)NCc2ccccc2)N2CCOCC2)cc1OC. The zero-order chi connectivity index (χ0) is 20.5. The summed E-state index contributed by atoms with van der Waals surface area (Å²) in [5.74, 6) is 1.36. The number of carbonyl (C=O) groups excluding carboxylic acids is 1. The number of hydrogen-bond acceptors (Lipinski definition) is 5. The summed E-state index contributed by atoms with van der Waals surface area (Å²) in [7, 11) is 3.25. The summed E-state index contributed by atoms with van der Waals surface area (Å²) in [4.78, 5) is 14.7. The lowest BCUT2D eigenvalue weighted by Gasteiger charge is -2.35. The van der Waals surface area contributed by atoms with Crippen molar-refractivity contribution >= 4 is 6.03 Å². The van der Waals surface area contributed by atoms with Crippen LogP contribution in [0.3, 0.4) is 0 Å². The Hall–Kier alpha value is -2.77. The molecule has 29 heavy (non-hydrogen) atoms. The predicted octanol–water partition coefficient (Wildman–Crippen LogP) is 2.58. The van der Waals surface area contributed by atoms with E-state index in [0.29, 0.717) is 37.8 Å². The van der Waals surface area contributed by atoms with Crippen molar-refractivity contribution < 1.29 is 19.0 Å². The zero-order valence-corrected chi connectivity index (χ0v) is 17.0. The van der Waals surface area contributed by atoms with Crippen molar-refractivity contribution in [2.24, 2.45) is 0 Å². The van der Waals surface area contributed by atoms with Crippen LogP contribution in [0.25, 0.3) is 0 Å². The third kappa shape index (κ3) is 5.85. The van der Waals surface area contributed by atoms with Crippen molar-refractivity contribution in [1.29, 1.82) is 0 Å². The maximum atomic E-state index is 12.3. The van der Waals surface area contributed by atoms with E-state index in [2.05, 4.69) is 15.5 Å². The van der Waals surface area contributed by atoms with Gasteiger partial charge in [0.25, 0.3) is 0 Å². The van der Waals surface area contributed by atoms with Gasteiger partial charge in [0.2, 0.25) is 0 Å². The van der Waals surface area contributed by atoms with Crippen LogP contribution in [0.1, 0.15) is 17.2 Å². The van der Waals surface area contributed by atoms with Crippen LogP contribution in [0.5, 0.6) is 11.5 Å². The van der Waals surface area contributed by atoms with E-state index in [4.69, 9.17) is 14.2 Å². The summed E-state index contributed by atoms with van der Waals surface area (Å²) in [6.45, 7) is 3.97. The molecule has 7 heteroatoms. The first-order valence-electron chi connectivity index (χ1n) is 9.80. The highest BCUT2D eigenvalue weighted by Crippen LogP contribution is 2.32. The number of ether oxygens (including phenoxy) is 3. The van der Waals surface area contributed by atoms with Gasteiger partial charge in [-0.05, 0) is 23.3 Å². The van der Waals surface area contributed by atoms with E-state index < -0.39 is 0 Å². The fourth-order valence-corrected chi connectivity index (χ4v) is 3.44. The summed E-state index contributed by atoms with van der Waals surface area (Å²) < 4.78 is 16.3. The molecule has 156 valence electrons. The average molecular weight is 399 g/mol. The fraction of sp³-hybridized carbons (Fsp3) is 0.409. The summed E-state index contributed by atoms with van der Waals surface area (Å²) in [5.41, 5.74) is 2.13. The van der Waals surface area contributed by atoms with Crippen LogP contribution in [0.4, 0.5) is 4.79 Å². The Bertz CT molecular complexity index is 779. The molecule has 0 radical (unpaired) electrons. The Balaban J connectivity index is 1.66. The Morgan fingerprint density at radius 2 is 1.76 bits per heavy atom. The summed E-state index contributed by atoms with van der Waals surface area (Å²) in [5, 5.41) is 5.92. The van der Waals surface area contributed by atoms with Gasteiger partial charge in [0, 0.05) is 26.2 Å². The quantitative estimate of drug-likeness (QED) is 0.714. The molecule has 2 N–H and O–H groups in total. The highest BCUT2D eigenvalue weighted by Gasteiger charge is 2.24. The molecule has 0 aromatic heterocycles. The first-order chi connectivity index (χ1) is 14.2. The highest BCUT2D eigenvalue weighted by atomic mass is 16.5. The molecule has 1 unspecified atom stereocenters. The zero-order valence-electron chi connectivity index (χ0n) is 17.0. The molecule has 0 bridgehead atoms. The normalized spacial score (nSPS) is 15.4. The van der Waals surface area contributed by atoms with Crippen LogP contribution < -0.4 is 20.1 Å². The number of urea groups is 1. The number of morpholine rings is 1. The minimum absolute atomic E-state index is 0.0150. The number of hydrogen-bond donors (Lipinski definition) is 2. The van der Waals surface area contributed by atoms with E-state index in [1.165, 1.54) is 0 Å². The van der Waals surface area contributed by atoms with E-state index in [1.54, 1.807) is 14.2 Å². The minimum atomic E-state index is -0.187. The predicted molar refractivity (Wildman–Crippen MR) is 111 cm³/mol. The van der Waals surface area contributed by atoms with Gasteiger partial charge in [-0.15, -0.1) is 0 Å². The van der Waals surface area contributed by atoms with Crippen molar-refractivity contribution in [2.75, 3.05) is 47.1 Å². The first-order valence-corrected chi connectivity index (χ1v) is 9.80. The van der Waals surface area contributed by atoms with Crippen LogP contribution >= 0.6 is 0 Å². The van der Waals surface area contributed by atoms with Crippen molar-refractivity contribution in [3.63, 3.8) is 0 Å². The van der Waals surface area contributed by atoms with Crippen LogP contribution in [0.15, 0.2) is 48.5 Å². The van der Waals surface area contributed by atoms with Gasteiger partial charge in [0.15, 0.2) is 11.5 Å². The molecule has 1 fully saturated rings. The van der Waals surface area contributed by atoms with Gasteiger partial charge in [-0.25, -0.2) is 4.79 Å². The number of nitrogens with one attached hydrogen (secondary N) is 2. The number of nitrogens with zero attached hydrogens (tertiary/aromatic N) is 1. The Morgan fingerprint density at radius 3 is 2.45 bits per heavy atom. The Morgan fingerprint density at radius 1 is 1.03 bits per heavy atom. The summed E-state index contributed by atoms with van der Waals surface area (Å²) in [6, 6.07) is 15.6. The largest absolute Gasteiger partial charge is 0.493 e. The molecular weight excluding hydrogens is 370 g/mol. The van der Waals surface area contributed by atoms with E-state index in [1.807, 2.05) is 48.5 Å². The van der Waals surface area contributed by atoms with Crippen molar-refractivity contribution in [3.05, 3.63) is 59.7 Å². The lowest BCUT2D eigenvalue weighted by Crippen LogP contribution is -2.45. The van der Waals surface area contributed by atoms with Crippen LogP contribution in [-0.2, 0) is 11.3 Å². The second kappa shape index (κ2) is 10.7. The highest BCUT2D eigenvalue weighted by molar-refractivity contribution is 5.73. The standard InChI is InChI=1S/C22H29N3O4/c1-27-20-9-8-18(14-21(20)28-2)19(25-10-12-29-13-11-25)16-24-22(26)23-15-17-6-4-3-5-7-17/h3-9,14,19H,10-13,15-16H2,1-2H3,(H2,23,24,26). The van der Waals surface area contributed by atoms with E-state index in [0.717, 1.165) is 24.2 Å². The third-order valence-corrected chi connectivity index (χ3v) is 5.03. The molecule has 0 aliphatic carbocycles. The second-order valence-corrected chi connectivity index (χ2v) is 6.83. The smallest absolute Gasteiger partial charge is 0.315 e. The molecule has 0 spiro atoms. The van der Waals surface area contributed by atoms with Crippen LogP contribution in [0.2, 0.25) is 0 Å². The molecular formula is C22H29N3O4. The van der Waals surface area contributed by atoms with Gasteiger partial charge in [0.1, 0.15) is 0 Å². The lowest BCUT2D eigenvalue weighted by molar-refractivity contribution is 0.0166. The van der Waals surface area contributed by atoms with Gasteiger partial charge < -0.3 is 24.8 Å². The molecule has 1 aliphatic heterocycles. The van der Waals surface area contributed by atoms with E-state index >= 15 is 0 Å². The molecule has 1 saturated heterocycles. The molecule has 7 nitrogen and oxygen atoms in total. The maximum absolute atomic E-state index is 12.3.